The summed E-state index contributed by atoms with van der Waals surface area (Å²) in [4.78, 5) is 24.3. The van der Waals surface area contributed by atoms with Crippen LogP contribution in [0, 0.1) is 11.3 Å². The van der Waals surface area contributed by atoms with E-state index in [1.807, 2.05) is 6.07 Å². The molecule has 0 bridgehead atoms. The Hall–Kier alpha value is -2.40. The van der Waals surface area contributed by atoms with Crippen LogP contribution in [-0.2, 0) is 23.6 Å². The molecule has 0 aliphatic heterocycles. The second kappa shape index (κ2) is 11.0. The third-order valence-electron chi connectivity index (χ3n) is 3.34. The fourth-order valence-electron chi connectivity index (χ4n) is 2.14. The Morgan fingerprint density at radius 3 is 1.86 bits per heavy atom. The van der Waals surface area contributed by atoms with Gasteiger partial charge in [-0.15, -0.1) is 0 Å². The molecule has 10 heteroatoms. The normalized spacial score (nSPS) is 13.5. The average molecular weight is 425 g/mol. The van der Waals surface area contributed by atoms with Crippen LogP contribution in [-0.4, -0.2) is 36.2 Å². The van der Waals surface area contributed by atoms with Crippen LogP contribution in [0.3, 0.4) is 0 Å². The summed E-state index contributed by atoms with van der Waals surface area (Å²) in [6.07, 6.45) is -0.709. The number of esters is 2. The van der Waals surface area contributed by atoms with Gasteiger partial charge in [-0.1, -0.05) is 6.07 Å². The van der Waals surface area contributed by atoms with Gasteiger partial charge in [-0.25, -0.2) is 14.7 Å². The molecular formula is C19H28N3O6P. The number of nitrogens with zero attached hydrogens (tertiary/aromatic N) is 1. The van der Waals surface area contributed by atoms with Crippen molar-refractivity contribution in [2.24, 2.45) is 0 Å². The molecule has 0 aromatic heterocycles. The summed E-state index contributed by atoms with van der Waals surface area (Å²) in [7, 11) is -3.99. The van der Waals surface area contributed by atoms with Crippen LogP contribution in [0.1, 0.15) is 47.1 Å². The zero-order valence-corrected chi connectivity index (χ0v) is 18.4. The second-order valence-corrected chi connectivity index (χ2v) is 8.76. The highest BCUT2D eigenvalue weighted by atomic mass is 31.2. The lowest BCUT2D eigenvalue weighted by atomic mass is 10.2. The van der Waals surface area contributed by atoms with Crippen molar-refractivity contribution in [2.45, 2.75) is 65.8 Å². The van der Waals surface area contributed by atoms with Crippen LogP contribution < -0.4 is 14.7 Å². The van der Waals surface area contributed by atoms with E-state index in [1.165, 1.54) is 26.0 Å². The minimum absolute atomic E-state index is 0.126. The predicted octanol–water partition coefficient (Wildman–Crippen LogP) is 2.90. The molecule has 0 unspecified atom stereocenters. The first-order chi connectivity index (χ1) is 13.5. The number of hydrogen-bond acceptors (Lipinski definition) is 7. The molecule has 1 aromatic rings. The van der Waals surface area contributed by atoms with Crippen molar-refractivity contribution in [1.82, 2.24) is 10.2 Å². The van der Waals surface area contributed by atoms with Gasteiger partial charge in [0.1, 0.15) is 17.8 Å². The van der Waals surface area contributed by atoms with Crippen molar-refractivity contribution < 1.29 is 28.2 Å². The van der Waals surface area contributed by atoms with Crippen molar-refractivity contribution in [3.63, 3.8) is 0 Å². The highest BCUT2D eigenvalue weighted by Crippen LogP contribution is 2.40. The Kier molecular flexibility index (Phi) is 9.31. The van der Waals surface area contributed by atoms with E-state index in [1.54, 1.807) is 39.8 Å². The average Bonchev–Trinajstić information content (AvgIpc) is 2.60. The van der Waals surface area contributed by atoms with E-state index in [4.69, 9.17) is 19.3 Å². The molecule has 2 atom stereocenters. The lowest BCUT2D eigenvalue weighted by molar-refractivity contribution is -0.149. The smallest absolute Gasteiger partial charge is 0.391 e. The fourth-order valence-corrected chi connectivity index (χ4v) is 3.97. The molecule has 0 aliphatic rings. The summed E-state index contributed by atoms with van der Waals surface area (Å²) in [6, 6.07) is 5.98. The zero-order chi connectivity index (χ0) is 22.2. The first kappa shape index (κ1) is 24.6. The van der Waals surface area contributed by atoms with Crippen LogP contribution in [0.25, 0.3) is 0 Å². The first-order valence-corrected chi connectivity index (χ1v) is 10.8. The van der Waals surface area contributed by atoms with Crippen molar-refractivity contribution in [2.75, 3.05) is 0 Å². The molecule has 0 aliphatic carbocycles. The van der Waals surface area contributed by atoms with E-state index in [9.17, 15) is 14.2 Å². The number of hydrogen-bond donors (Lipinski definition) is 2. The van der Waals surface area contributed by atoms with Gasteiger partial charge in [0.15, 0.2) is 0 Å². The van der Waals surface area contributed by atoms with Gasteiger partial charge in [0.25, 0.3) is 0 Å². The van der Waals surface area contributed by atoms with Gasteiger partial charge in [0, 0.05) is 0 Å². The number of nitriles is 1. The lowest BCUT2D eigenvalue weighted by Gasteiger charge is -2.26. The Balaban J connectivity index is 3.08. The van der Waals surface area contributed by atoms with Gasteiger partial charge in [-0.05, 0) is 59.7 Å². The van der Waals surface area contributed by atoms with Crippen LogP contribution in [0.15, 0.2) is 24.3 Å². The predicted molar refractivity (Wildman–Crippen MR) is 107 cm³/mol. The molecule has 29 heavy (non-hydrogen) atoms. The topological polar surface area (TPSA) is 127 Å². The lowest BCUT2D eigenvalue weighted by Crippen LogP contribution is -2.43. The maximum Gasteiger partial charge on any atom is 0.391 e. The molecule has 0 fully saturated rings. The molecule has 0 radical (unpaired) electrons. The molecule has 0 saturated heterocycles. The van der Waals surface area contributed by atoms with Crippen LogP contribution in [0.2, 0.25) is 0 Å². The van der Waals surface area contributed by atoms with Gasteiger partial charge in [0.05, 0.1) is 23.8 Å². The minimum atomic E-state index is -3.99. The molecule has 0 amide bonds. The third-order valence-corrected chi connectivity index (χ3v) is 5.26. The summed E-state index contributed by atoms with van der Waals surface area (Å²) in [5.74, 6) is -1.14. The van der Waals surface area contributed by atoms with Crippen LogP contribution >= 0.6 is 7.67 Å². The van der Waals surface area contributed by atoms with Gasteiger partial charge in [0.2, 0.25) is 0 Å². The maximum atomic E-state index is 13.4. The highest BCUT2D eigenvalue weighted by Gasteiger charge is 2.34. The molecule has 0 spiro atoms. The standard InChI is InChI=1S/C19H28N3O6P/c1-12(2)26-18(23)14(5)21-29(25,22-15(6)19(24)27-13(3)4)28-17-9-7-8-16(10-17)11-20/h7-10,12-15H,1-6H3,(H2,21,22,25)/t14-,15-/m0/s1. The Labute approximate surface area is 171 Å². The van der Waals surface area contributed by atoms with E-state index >= 15 is 0 Å². The van der Waals surface area contributed by atoms with Gasteiger partial charge >= 0.3 is 19.6 Å². The Morgan fingerprint density at radius 2 is 1.45 bits per heavy atom. The fraction of sp³-hybridized carbons (Fsp3) is 0.526. The van der Waals surface area contributed by atoms with Crippen LogP contribution in [0.4, 0.5) is 0 Å². The molecule has 160 valence electrons. The van der Waals surface area contributed by atoms with Gasteiger partial charge in [-0.2, -0.15) is 5.26 Å². The zero-order valence-electron chi connectivity index (χ0n) is 17.5. The molecule has 1 rings (SSSR count). The van der Waals surface area contributed by atoms with Gasteiger partial charge < -0.3 is 14.0 Å². The number of ether oxygens (including phenoxy) is 2. The number of nitrogens with one attached hydrogen (secondary N) is 2. The van der Waals surface area contributed by atoms with E-state index in [-0.39, 0.29) is 18.0 Å². The second-order valence-electron chi connectivity index (χ2n) is 6.96. The summed E-state index contributed by atoms with van der Waals surface area (Å²) < 4.78 is 29.2. The first-order valence-electron chi connectivity index (χ1n) is 9.22. The van der Waals surface area contributed by atoms with E-state index in [0.717, 1.165) is 0 Å². The summed E-state index contributed by atoms with van der Waals surface area (Å²) in [5.41, 5.74) is 0.300. The van der Waals surface area contributed by atoms with E-state index in [2.05, 4.69) is 10.2 Å². The van der Waals surface area contributed by atoms with Crippen molar-refractivity contribution in [3.8, 4) is 11.8 Å². The molecule has 0 saturated carbocycles. The molecule has 1 aromatic carbocycles. The number of carbonyl (C=O) groups is 2. The monoisotopic (exact) mass is 425 g/mol. The Morgan fingerprint density at radius 1 is 0.966 bits per heavy atom. The van der Waals surface area contributed by atoms with Gasteiger partial charge in [-0.3, -0.25) is 9.59 Å². The van der Waals surface area contributed by atoms with E-state index in [0.29, 0.717) is 5.56 Å². The van der Waals surface area contributed by atoms with E-state index < -0.39 is 31.7 Å². The van der Waals surface area contributed by atoms with Crippen molar-refractivity contribution >= 4 is 19.6 Å². The molecular weight excluding hydrogens is 397 g/mol. The Bertz CT molecular complexity index is 771. The molecule has 2 N–H and O–H groups in total. The highest BCUT2D eigenvalue weighted by molar-refractivity contribution is 7.55. The van der Waals surface area contributed by atoms with Crippen molar-refractivity contribution in [1.29, 1.82) is 5.26 Å². The number of benzene rings is 1. The number of carbonyl (C=O) groups excluding carboxylic acids is 2. The number of rotatable bonds is 10. The summed E-state index contributed by atoms with van der Waals surface area (Å²) in [6.45, 7) is 9.69. The van der Waals surface area contributed by atoms with Crippen LogP contribution in [0.5, 0.6) is 5.75 Å². The minimum Gasteiger partial charge on any atom is -0.462 e. The summed E-state index contributed by atoms with van der Waals surface area (Å²) >= 11 is 0. The summed E-state index contributed by atoms with van der Waals surface area (Å²) in [5, 5.41) is 14.2. The maximum absolute atomic E-state index is 13.4. The molecule has 9 nitrogen and oxygen atoms in total. The SMILES string of the molecule is CC(C)OC(=O)[C@H](C)NP(=O)(N[C@@H](C)C(=O)OC(C)C)Oc1cccc(C#N)c1. The third kappa shape index (κ3) is 8.65. The quantitative estimate of drug-likeness (QED) is 0.430. The largest absolute Gasteiger partial charge is 0.462 e. The molecule has 0 heterocycles. The van der Waals surface area contributed by atoms with Crippen molar-refractivity contribution in [3.05, 3.63) is 29.8 Å².